The Kier molecular flexibility index (Phi) is 6.45. The number of nitrogens with one attached hydrogen (secondary N) is 1. The number of aromatic nitrogens is 1. The molecule has 5 heteroatoms. The van der Waals surface area contributed by atoms with Crippen molar-refractivity contribution in [2.24, 2.45) is 0 Å². The quantitative estimate of drug-likeness (QED) is 0.336. The first-order chi connectivity index (χ1) is 15.5. The van der Waals surface area contributed by atoms with Gasteiger partial charge in [0.05, 0.1) is 0 Å². The highest BCUT2D eigenvalue weighted by atomic mass is 35.5. The van der Waals surface area contributed by atoms with Gasteiger partial charge < -0.3 is 15.0 Å². The number of hydrogen-bond acceptors (Lipinski definition) is 2. The Labute approximate surface area is 192 Å². The molecule has 0 spiro atoms. The van der Waals surface area contributed by atoms with Gasteiger partial charge in [0.1, 0.15) is 5.69 Å². The van der Waals surface area contributed by atoms with Gasteiger partial charge in [0.25, 0.3) is 0 Å². The van der Waals surface area contributed by atoms with Crippen LogP contribution in [0.1, 0.15) is 38.3 Å². The summed E-state index contributed by atoms with van der Waals surface area (Å²) in [5.41, 5.74) is 6.25. The molecule has 0 bridgehead atoms. The zero-order valence-corrected chi connectivity index (χ0v) is 18.7. The fourth-order valence-corrected chi connectivity index (χ4v) is 4.25. The molecular formula is C27H25ClN2O2. The van der Waals surface area contributed by atoms with Crippen LogP contribution < -0.4 is 5.32 Å². The second kappa shape index (κ2) is 9.43. The molecule has 4 aromatic rings. The molecule has 0 radical (unpaired) electrons. The lowest BCUT2D eigenvalue weighted by atomic mass is 10.1. The number of carboxylic acids is 1. The van der Waals surface area contributed by atoms with E-state index in [0.717, 1.165) is 38.7 Å². The van der Waals surface area contributed by atoms with Gasteiger partial charge in [-0.3, -0.25) is 0 Å². The first-order valence-corrected chi connectivity index (χ1v) is 10.9. The maximum Gasteiger partial charge on any atom is 0.352 e. The van der Waals surface area contributed by atoms with E-state index in [4.69, 9.17) is 11.6 Å². The Morgan fingerprint density at radius 1 is 1.06 bits per heavy atom. The summed E-state index contributed by atoms with van der Waals surface area (Å²) in [6.45, 7) is 7.33. The number of halogens is 1. The molecule has 0 aliphatic rings. The van der Waals surface area contributed by atoms with Gasteiger partial charge in [-0.15, -0.1) is 0 Å². The van der Waals surface area contributed by atoms with Crippen LogP contribution in [0.2, 0.25) is 5.02 Å². The summed E-state index contributed by atoms with van der Waals surface area (Å²) in [6, 6.07) is 21.8. The van der Waals surface area contributed by atoms with Crippen molar-refractivity contribution in [3.8, 4) is 0 Å². The van der Waals surface area contributed by atoms with Crippen molar-refractivity contribution in [2.75, 3.05) is 0 Å². The van der Waals surface area contributed by atoms with Gasteiger partial charge in [0, 0.05) is 41.1 Å². The summed E-state index contributed by atoms with van der Waals surface area (Å²) in [5.74, 6) is -0.930. The number of hydrogen-bond donors (Lipinski definition) is 2. The topological polar surface area (TPSA) is 54.3 Å². The highest BCUT2D eigenvalue weighted by Gasteiger charge is 2.22. The highest BCUT2D eigenvalue weighted by Crippen LogP contribution is 2.29. The fourth-order valence-electron chi connectivity index (χ4n) is 4.04. The van der Waals surface area contributed by atoms with Gasteiger partial charge in [0.2, 0.25) is 0 Å². The number of carboxylic acid groups (broad SMARTS) is 1. The van der Waals surface area contributed by atoms with Gasteiger partial charge in [-0.25, -0.2) is 4.79 Å². The van der Waals surface area contributed by atoms with Crippen molar-refractivity contribution in [1.82, 2.24) is 9.88 Å². The molecule has 0 saturated heterocycles. The second-order valence-electron chi connectivity index (χ2n) is 7.92. The molecular weight excluding hydrogens is 420 g/mol. The van der Waals surface area contributed by atoms with Crippen molar-refractivity contribution >= 4 is 34.5 Å². The molecule has 0 saturated carbocycles. The number of aromatic carboxylic acids is 1. The SMILES string of the molecule is C=Cc1ccc(Cn2c(C(=O)O)c(CNCc3cccc(Cl)c3)c3ccc(C)cc32)cc1. The predicted octanol–water partition coefficient (Wildman–Crippen LogP) is 6.28. The molecule has 1 heterocycles. The van der Waals surface area contributed by atoms with E-state index in [1.54, 1.807) is 6.08 Å². The predicted molar refractivity (Wildman–Crippen MR) is 131 cm³/mol. The lowest BCUT2D eigenvalue weighted by Gasteiger charge is -2.11. The lowest BCUT2D eigenvalue weighted by molar-refractivity contribution is 0.0684. The van der Waals surface area contributed by atoms with Crippen molar-refractivity contribution < 1.29 is 9.90 Å². The molecule has 0 amide bonds. The van der Waals surface area contributed by atoms with E-state index in [9.17, 15) is 9.90 Å². The average Bonchev–Trinajstić information content (AvgIpc) is 3.07. The first kappa shape index (κ1) is 21.9. The van der Waals surface area contributed by atoms with E-state index < -0.39 is 5.97 Å². The molecule has 0 aliphatic carbocycles. The Balaban J connectivity index is 1.71. The normalized spacial score (nSPS) is 11.1. The first-order valence-electron chi connectivity index (χ1n) is 10.5. The van der Waals surface area contributed by atoms with Crippen LogP contribution in [0.15, 0.2) is 73.3 Å². The molecule has 32 heavy (non-hydrogen) atoms. The van der Waals surface area contributed by atoms with E-state index in [1.165, 1.54) is 0 Å². The van der Waals surface area contributed by atoms with Gasteiger partial charge in [0.15, 0.2) is 0 Å². The molecule has 0 atom stereocenters. The molecule has 4 nitrogen and oxygen atoms in total. The Morgan fingerprint density at radius 3 is 2.53 bits per heavy atom. The van der Waals surface area contributed by atoms with Crippen LogP contribution >= 0.6 is 11.6 Å². The monoisotopic (exact) mass is 444 g/mol. The summed E-state index contributed by atoms with van der Waals surface area (Å²) >= 11 is 6.09. The standard InChI is InChI=1S/C27H25ClN2O2/c1-3-19-8-10-20(11-9-19)17-30-25-13-18(2)7-12-23(25)24(26(30)27(31)32)16-29-15-21-5-4-6-22(28)14-21/h3-14,29H,1,15-17H2,2H3,(H,31,32). The van der Waals surface area contributed by atoms with Crippen molar-refractivity contribution in [2.45, 2.75) is 26.6 Å². The van der Waals surface area contributed by atoms with Crippen molar-refractivity contribution in [3.05, 3.63) is 112 Å². The zero-order chi connectivity index (χ0) is 22.7. The van der Waals surface area contributed by atoms with Crippen LogP contribution in [0.25, 0.3) is 17.0 Å². The van der Waals surface area contributed by atoms with Gasteiger partial charge in [-0.05, 0) is 47.4 Å². The Bertz CT molecular complexity index is 1290. The molecule has 0 fully saturated rings. The summed E-state index contributed by atoms with van der Waals surface area (Å²) in [7, 11) is 0. The highest BCUT2D eigenvalue weighted by molar-refractivity contribution is 6.30. The molecule has 0 aliphatic heterocycles. The lowest BCUT2D eigenvalue weighted by Crippen LogP contribution is -2.17. The van der Waals surface area contributed by atoms with E-state index in [-0.39, 0.29) is 0 Å². The fraction of sp³-hybridized carbons (Fsp3) is 0.148. The second-order valence-corrected chi connectivity index (χ2v) is 8.35. The van der Waals surface area contributed by atoms with Crippen LogP contribution in [0, 0.1) is 6.92 Å². The number of benzene rings is 3. The molecule has 2 N–H and O–H groups in total. The van der Waals surface area contributed by atoms with Crippen molar-refractivity contribution in [1.29, 1.82) is 0 Å². The molecule has 1 aromatic heterocycles. The van der Waals surface area contributed by atoms with E-state index in [1.807, 2.05) is 72.2 Å². The summed E-state index contributed by atoms with van der Waals surface area (Å²) in [6.07, 6.45) is 1.80. The third kappa shape index (κ3) is 4.62. The molecule has 0 unspecified atom stereocenters. The number of fused-ring (bicyclic) bond motifs is 1. The van der Waals surface area contributed by atoms with Gasteiger partial charge >= 0.3 is 5.97 Å². The van der Waals surface area contributed by atoms with E-state index >= 15 is 0 Å². The largest absolute Gasteiger partial charge is 0.477 e. The van der Waals surface area contributed by atoms with Crippen molar-refractivity contribution in [3.63, 3.8) is 0 Å². The van der Waals surface area contributed by atoms with E-state index in [0.29, 0.717) is 30.4 Å². The van der Waals surface area contributed by atoms with Crippen LogP contribution in [-0.2, 0) is 19.6 Å². The maximum absolute atomic E-state index is 12.4. The van der Waals surface area contributed by atoms with Crippen LogP contribution in [0.4, 0.5) is 0 Å². The smallest absolute Gasteiger partial charge is 0.352 e. The minimum Gasteiger partial charge on any atom is -0.477 e. The maximum atomic E-state index is 12.4. The minimum atomic E-state index is -0.930. The van der Waals surface area contributed by atoms with Gasteiger partial charge in [-0.1, -0.05) is 72.8 Å². The zero-order valence-electron chi connectivity index (χ0n) is 17.9. The number of aryl methyl sites for hydroxylation is 1. The summed E-state index contributed by atoms with van der Waals surface area (Å²) in [5, 5.41) is 15.2. The van der Waals surface area contributed by atoms with Crippen LogP contribution in [-0.4, -0.2) is 15.6 Å². The third-order valence-electron chi connectivity index (χ3n) is 5.60. The third-order valence-corrected chi connectivity index (χ3v) is 5.84. The summed E-state index contributed by atoms with van der Waals surface area (Å²) < 4.78 is 1.91. The van der Waals surface area contributed by atoms with Crippen LogP contribution in [0.5, 0.6) is 0 Å². The number of rotatable bonds is 8. The Hall–Kier alpha value is -3.34. The Morgan fingerprint density at radius 2 is 1.84 bits per heavy atom. The van der Waals surface area contributed by atoms with Gasteiger partial charge in [-0.2, -0.15) is 0 Å². The number of carbonyl (C=O) groups is 1. The van der Waals surface area contributed by atoms with Crippen LogP contribution in [0.3, 0.4) is 0 Å². The average molecular weight is 445 g/mol. The summed E-state index contributed by atoms with van der Waals surface area (Å²) in [4.78, 5) is 12.4. The number of nitrogens with zero attached hydrogens (tertiary/aromatic N) is 1. The molecule has 162 valence electrons. The molecule has 3 aromatic carbocycles. The van der Waals surface area contributed by atoms with E-state index in [2.05, 4.69) is 18.0 Å². The molecule has 4 rings (SSSR count). The minimum absolute atomic E-state index is 0.317.